The summed E-state index contributed by atoms with van der Waals surface area (Å²) >= 11 is 17.0. The van der Waals surface area contributed by atoms with E-state index in [2.05, 4.69) is 4.98 Å². The number of hydrogen-bond acceptors (Lipinski definition) is 3. The van der Waals surface area contributed by atoms with Crippen molar-refractivity contribution in [1.82, 2.24) is 4.98 Å². The van der Waals surface area contributed by atoms with Crippen molar-refractivity contribution in [2.24, 2.45) is 5.73 Å². The molecule has 0 fully saturated rings. The van der Waals surface area contributed by atoms with Gasteiger partial charge in [-0.25, -0.2) is 0 Å². The van der Waals surface area contributed by atoms with Gasteiger partial charge < -0.3 is 10.5 Å². The molecule has 3 nitrogen and oxygen atoms in total. The van der Waals surface area contributed by atoms with Crippen LogP contribution in [-0.4, -0.2) is 9.97 Å². The fourth-order valence-corrected chi connectivity index (χ4v) is 2.64. The van der Waals surface area contributed by atoms with E-state index in [1.807, 2.05) is 13.8 Å². The number of nitrogens with zero attached hydrogens (tertiary/aromatic N) is 1. The first-order valence-electron chi connectivity index (χ1n) is 5.79. The molecular weight excluding hydrogens is 315 g/mol. The zero-order chi connectivity index (χ0) is 14.9. The minimum Gasteiger partial charge on any atom is -0.456 e. The molecule has 2 rings (SSSR count). The summed E-state index contributed by atoms with van der Waals surface area (Å²) in [5.41, 5.74) is 7.88. The Morgan fingerprint density at radius 1 is 1.15 bits per heavy atom. The summed E-state index contributed by atoms with van der Waals surface area (Å²) in [5, 5.41) is 0.985. The van der Waals surface area contributed by atoms with E-state index in [0.717, 1.165) is 11.4 Å². The van der Waals surface area contributed by atoms with E-state index in [1.54, 1.807) is 24.3 Å². The number of aromatic nitrogens is 1. The predicted molar refractivity (Wildman–Crippen MR) is 86.1 cm³/mol. The predicted octanol–water partition coefficient (Wildman–Crippen LogP) is 4.43. The number of ether oxygens (including phenoxy) is 1. The van der Waals surface area contributed by atoms with Gasteiger partial charge in [-0.05, 0) is 32.0 Å². The Morgan fingerprint density at radius 3 is 2.30 bits per heavy atom. The van der Waals surface area contributed by atoms with Crippen LogP contribution in [0.25, 0.3) is 0 Å². The van der Waals surface area contributed by atoms with E-state index in [1.165, 1.54) is 0 Å². The molecule has 0 unspecified atom stereocenters. The van der Waals surface area contributed by atoms with Crippen LogP contribution in [0.1, 0.15) is 17.0 Å². The highest BCUT2D eigenvalue weighted by Crippen LogP contribution is 2.31. The van der Waals surface area contributed by atoms with E-state index in [4.69, 9.17) is 45.9 Å². The number of halogens is 2. The Morgan fingerprint density at radius 2 is 1.75 bits per heavy atom. The first-order valence-corrected chi connectivity index (χ1v) is 6.95. The van der Waals surface area contributed by atoms with Crippen LogP contribution in [0.4, 0.5) is 0 Å². The molecule has 0 bridgehead atoms. The number of nitrogens with two attached hydrogens (primary N) is 1. The molecule has 0 radical (unpaired) electrons. The number of benzene rings is 1. The van der Waals surface area contributed by atoms with Crippen LogP contribution < -0.4 is 10.5 Å². The van der Waals surface area contributed by atoms with Gasteiger partial charge in [0.2, 0.25) is 0 Å². The summed E-state index contributed by atoms with van der Waals surface area (Å²) in [6.07, 6.45) is 0. The largest absolute Gasteiger partial charge is 0.456 e. The molecule has 0 aliphatic rings. The normalized spacial score (nSPS) is 10.4. The van der Waals surface area contributed by atoms with Gasteiger partial charge in [-0.1, -0.05) is 35.4 Å². The van der Waals surface area contributed by atoms with Crippen molar-refractivity contribution in [1.29, 1.82) is 0 Å². The Kier molecular flexibility index (Phi) is 4.48. The molecule has 20 heavy (non-hydrogen) atoms. The first kappa shape index (κ1) is 15.0. The zero-order valence-electron chi connectivity index (χ0n) is 10.9. The number of pyridine rings is 1. The monoisotopic (exact) mass is 326 g/mol. The van der Waals surface area contributed by atoms with Crippen molar-refractivity contribution in [3.8, 4) is 11.5 Å². The summed E-state index contributed by atoms with van der Waals surface area (Å²) < 4.78 is 5.82. The Balaban J connectivity index is 2.49. The maximum atomic E-state index is 5.95. The van der Waals surface area contributed by atoms with Crippen LogP contribution >= 0.6 is 35.4 Å². The van der Waals surface area contributed by atoms with Crippen LogP contribution in [0, 0.1) is 13.8 Å². The van der Waals surface area contributed by atoms with Gasteiger partial charge in [0.15, 0.2) is 0 Å². The second kappa shape index (κ2) is 5.95. The smallest absolute Gasteiger partial charge is 0.141 e. The second-order valence-electron chi connectivity index (χ2n) is 4.29. The van der Waals surface area contributed by atoms with Gasteiger partial charge in [0, 0.05) is 21.8 Å². The fourth-order valence-electron chi connectivity index (χ4n) is 1.89. The molecule has 2 N–H and O–H groups in total. The highest BCUT2D eigenvalue weighted by atomic mass is 35.5. The van der Waals surface area contributed by atoms with Gasteiger partial charge in [0.05, 0.1) is 11.3 Å². The van der Waals surface area contributed by atoms with Crippen molar-refractivity contribution in [3.05, 3.63) is 51.3 Å². The second-order valence-corrected chi connectivity index (χ2v) is 5.61. The first-order chi connectivity index (χ1) is 9.36. The van der Waals surface area contributed by atoms with Crippen LogP contribution in [0.15, 0.2) is 24.3 Å². The summed E-state index contributed by atoms with van der Waals surface area (Å²) in [7, 11) is 0. The molecule has 1 aromatic carbocycles. The quantitative estimate of drug-likeness (QED) is 0.847. The van der Waals surface area contributed by atoms with E-state index >= 15 is 0 Å². The molecule has 0 saturated carbocycles. The molecule has 104 valence electrons. The molecule has 6 heteroatoms. The van der Waals surface area contributed by atoms with Gasteiger partial charge in [-0.2, -0.15) is 0 Å². The zero-order valence-corrected chi connectivity index (χ0v) is 13.2. The maximum Gasteiger partial charge on any atom is 0.141 e. The Labute approximate surface area is 132 Å². The highest BCUT2D eigenvalue weighted by molar-refractivity contribution is 7.80. The Hall–Kier alpha value is -1.36. The average molecular weight is 327 g/mol. The van der Waals surface area contributed by atoms with Crippen molar-refractivity contribution in [3.63, 3.8) is 0 Å². The molecule has 0 atom stereocenters. The van der Waals surface area contributed by atoms with Crippen molar-refractivity contribution in [2.45, 2.75) is 13.8 Å². The van der Waals surface area contributed by atoms with Crippen molar-refractivity contribution < 1.29 is 4.74 Å². The van der Waals surface area contributed by atoms with Crippen LogP contribution in [0.5, 0.6) is 11.5 Å². The lowest BCUT2D eigenvalue weighted by molar-refractivity contribution is 0.480. The van der Waals surface area contributed by atoms with E-state index in [9.17, 15) is 0 Å². The van der Waals surface area contributed by atoms with Crippen molar-refractivity contribution in [2.75, 3.05) is 0 Å². The molecule has 1 heterocycles. The fraction of sp³-hybridized carbons (Fsp3) is 0.143. The molecule has 1 aromatic heterocycles. The maximum absolute atomic E-state index is 5.95. The summed E-state index contributed by atoms with van der Waals surface area (Å²) in [6.45, 7) is 3.70. The minimum absolute atomic E-state index is 0.234. The molecule has 0 amide bonds. The van der Waals surface area contributed by atoms with Crippen LogP contribution in [0.2, 0.25) is 10.0 Å². The van der Waals surface area contributed by atoms with Gasteiger partial charge in [-0.15, -0.1) is 0 Å². The summed E-state index contributed by atoms with van der Waals surface area (Å²) in [5.74, 6) is 1.06. The molecule has 0 saturated heterocycles. The Bertz CT molecular complexity index is 669. The van der Waals surface area contributed by atoms with Crippen LogP contribution in [-0.2, 0) is 0 Å². The lowest BCUT2D eigenvalue weighted by Crippen LogP contribution is -2.14. The van der Waals surface area contributed by atoms with E-state index in [0.29, 0.717) is 27.1 Å². The third-order valence-corrected chi connectivity index (χ3v) is 3.24. The van der Waals surface area contributed by atoms with Gasteiger partial charge in [0.1, 0.15) is 16.5 Å². The minimum atomic E-state index is 0.234. The molecule has 0 aliphatic carbocycles. The third-order valence-electron chi connectivity index (χ3n) is 2.60. The molecule has 2 aromatic rings. The van der Waals surface area contributed by atoms with Crippen LogP contribution in [0.3, 0.4) is 0 Å². The lowest BCUT2D eigenvalue weighted by atomic mass is 10.1. The highest BCUT2D eigenvalue weighted by Gasteiger charge is 2.13. The average Bonchev–Trinajstić information content (AvgIpc) is 2.25. The molecular formula is C14H12Cl2N2OS. The SMILES string of the molecule is Cc1cc(Oc2cc(Cl)cc(Cl)c2)c(C(N)=S)c(C)n1. The standard InChI is InChI=1S/C14H12Cl2N2OS/c1-7-3-12(13(14(17)20)8(2)18-7)19-11-5-9(15)4-10(16)6-11/h3-6H,1-2H3,(H2,17,20). The van der Waals surface area contributed by atoms with Gasteiger partial charge in [-0.3, -0.25) is 4.98 Å². The number of rotatable bonds is 3. The summed E-state index contributed by atoms with van der Waals surface area (Å²) in [6, 6.07) is 6.74. The number of aryl methyl sites for hydroxylation is 2. The van der Waals surface area contributed by atoms with Crippen molar-refractivity contribution >= 4 is 40.4 Å². The van der Waals surface area contributed by atoms with Gasteiger partial charge in [0.25, 0.3) is 0 Å². The third kappa shape index (κ3) is 3.39. The molecule has 0 spiro atoms. The summed E-state index contributed by atoms with van der Waals surface area (Å²) in [4.78, 5) is 4.57. The van der Waals surface area contributed by atoms with Gasteiger partial charge >= 0.3 is 0 Å². The number of thiocarbonyl (C=S) groups is 1. The van der Waals surface area contributed by atoms with E-state index in [-0.39, 0.29) is 4.99 Å². The lowest BCUT2D eigenvalue weighted by Gasteiger charge is -2.13. The topological polar surface area (TPSA) is 48.1 Å². The number of hydrogen-bond donors (Lipinski definition) is 1. The molecule has 0 aliphatic heterocycles. The van der Waals surface area contributed by atoms with E-state index < -0.39 is 0 Å².